The lowest BCUT2D eigenvalue weighted by molar-refractivity contribution is -0.145. The standard InChI is InChI=1S/C13H24F3NO5S/c1-17(8-11-23(19,20)21)12(18)6-4-2-3-5-9-22-10-7-13(14,15)16/h2-11H2,1H3,(H,19,20,21). The van der Waals surface area contributed by atoms with Crippen LogP contribution in [0.5, 0.6) is 0 Å². The Kier molecular flexibility index (Phi) is 10.4. The van der Waals surface area contributed by atoms with Crippen molar-refractivity contribution in [3.05, 3.63) is 0 Å². The van der Waals surface area contributed by atoms with Gasteiger partial charge in [0.2, 0.25) is 5.91 Å². The highest BCUT2D eigenvalue weighted by atomic mass is 32.2. The summed E-state index contributed by atoms with van der Waals surface area (Å²) in [7, 11) is -2.62. The van der Waals surface area contributed by atoms with Crippen molar-refractivity contribution in [1.29, 1.82) is 0 Å². The summed E-state index contributed by atoms with van der Waals surface area (Å²) < 4.78 is 70.1. The Labute approximate surface area is 134 Å². The van der Waals surface area contributed by atoms with Gasteiger partial charge >= 0.3 is 6.18 Å². The van der Waals surface area contributed by atoms with Gasteiger partial charge in [-0.1, -0.05) is 12.8 Å². The summed E-state index contributed by atoms with van der Waals surface area (Å²) in [6, 6.07) is 0. The van der Waals surface area contributed by atoms with Gasteiger partial charge in [0.25, 0.3) is 10.1 Å². The molecular formula is C13H24F3NO5S. The predicted molar refractivity (Wildman–Crippen MR) is 78.6 cm³/mol. The summed E-state index contributed by atoms with van der Waals surface area (Å²) in [6.07, 6.45) is -2.16. The molecule has 0 aromatic rings. The Bertz CT molecular complexity index is 439. The average molecular weight is 363 g/mol. The average Bonchev–Trinajstić information content (AvgIpc) is 2.40. The molecule has 0 fully saturated rings. The Morgan fingerprint density at radius 3 is 2.30 bits per heavy atom. The summed E-state index contributed by atoms with van der Waals surface area (Å²) in [4.78, 5) is 12.9. The molecule has 0 unspecified atom stereocenters. The second-order valence-corrected chi connectivity index (χ2v) is 6.82. The van der Waals surface area contributed by atoms with E-state index in [0.29, 0.717) is 12.8 Å². The van der Waals surface area contributed by atoms with Gasteiger partial charge in [-0.05, 0) is 12.8 Å². The molecule has 10 heteroatoms. The van der Waals surface area contributed by atoms with Gasteiger partial charge < -0.3 is 9.64 Å². The first-order valence-corrected chi connectivity index (χ1v) is 8.96. The molecule has 1 N–H and O–H groups in total. The minimum absolute atomic E-state index is 0.0648. The molecular weight excluding hydrogens is 339 g/mol. The zero-order chi connectivity index (χ0) is 17.9. The number of unbranched alkanes of at least 4 members (excludes halogenated alkanes) is 3. The molecule has 23 heavy (non-hydrogen) atoms. The van der Waals surface area contributed by atoms with Crippen molar-refractivity contribution in [2.45, 2.75) is 44.7 Å². The fourth-order valence-electron chi connectivity index (χ4n) is 1.69. The fourth-order valence-corrected chi connectivity index (χ4v) is 2.20. The minimum atomic E-state index is -4.19. The second-order valence-electron chi connectivity index (χ2n) is 5.24. The quantitative estimate of drug-likeness (QED) is 0.425. The highest BCUT2D eigenvalue weighted by molar-refractivity contribution is 7.85. The summed E-state index contributed by atoms with van der Waals surface area (Å²) in [5, 5.41) is 0. The van der Waals surface area contributed by atoms with Crippen LogP contribution in [-0.4, -0.2) is 62.5 Å². The maximum Gasteiger partial charge on any atom is 0.391 e. The van der Waals surface area contributed by atoms with E-state index >= 15 is 0 Å². The summed E-state index contributed by atoms with van der Waals surface area (Å²) >= 11 is 0. The van der Waals surface area contributed by atoms with Gasteiger partial charge in [-0.15, -0.1) is 0 Å². The maximum absolute atomic E-state index is 11.8. The Morgan fingerprint density at radius 1 is 1.13 bits per heavy atom. The van der Waals surface area contributed by atoms with Crippen molar-refractivity contribution in [1.82, 2.24) is 4.90 Å². The molecule has 0 aliphatic rings. The molecule has 0 heterocycles. The molecule has 0 aliphatic heterocycles. The van der Waals surface area contributed by atoms with Crippen LogP contribution in [0, 0.1) is 0 Å². The number of halogens is 3. The third-order valence-corrected chi connectivity index (χ3v) is 3.77. The SMILES string of the molecule is CN(CCS(=O)(=O)O)C(=O)CCCCCCOCCC(F)(F)F. The molecule has 0 saturated heterocycles. The van der Waals surface area contributed by atoms with E-state index in [1.165, 1.54) is 11.9 Å². The Morgan fingerprint density at radius 2 is 1.74 bits per heavy atom. The number of hydrogen-bond acceptors (Lipinski definition) is 4. The van der Waals surface area contributed by atoms with Crippen LogP contribution >= 0.6 is 0 Å². The first kappa shape index (κ1) is 22.1. The van der Waals surface area contributed by atoms with E-state index in [1.54, 1.807) is 0 Å². The number of hydrogen-bond donors (Lipinski definition) is 1. The molecule has 0 bridgehead atoms. The number of carbonyl (C=O) groups excluding carboxylic acids is 1. The molecule has 0 spiro atoms. The van der Waals surface area contributed by atoms with Crippen molar-refractivity contribution in [2.24, 2.45) is 0 Å². The molecule has 0 saturated carbocycles. The first-order chi connectivity index (χ1) is 10.5. The number of alkyl halides is 3. The highest BCUT2D eigenvalue weighted by Crippen LogP contribution is 2.19. The first-order valence-electron chi connectivity index (χ1n) is 7.35. The third-order valence-electron chi connectivity index (χ3n) is 3.07. The van der Waals surface area contributed by atoms with Crippen LogP contribution < -0.4 is 0 Å². The lowest BCUT2D eigenvalue weighted by Gasteiger charge is -2.16. The zero-order valence-corrected chi connectivity index (χ0v) is 14.0. The van der Waals surface area contributed by atoms with Gasteiger partial charge in [0.15, 0.2) is 0 Å². The van der Waals surface area contributed by atoms with Crippen LogP contribution in [0.1, 0.15) is 38.5 Å². The van der Waals surface area contributed by atoms with Crippen molar-refractivity contribution in [3.8, 4) is 0 Å². The number of amides is 1. The van der Waals surface area contributed by atoms with Gasteiger partial charge in [-0.3, -0.25) is 9.35 Å². The molecule has 0 aromatic carbocycles. The molecule has 0 radical (unpaired) electrons. The lowest BCUT2D eigenvalue weighted by atomic mass is 10.1. The van der Waals surface area contributed by atoms with Gasteiger partial charge in [0, 0.05) is 26.6 Å². The smallest absolute Gasteiger partial charge is 0.381 e. The number of ether oxygens (including phenoxy) is 1. The Hall–Kier alpha value is -0.870. The van der Waals surface area contributed by atoms with E-state index in [9.17, 15) is 26.4 Å². The van der Waals surface area contributed by atoms with E-state index in [0.717, 1.165) is 12.8 Å². The van der Waals surface area contributed by atoms with Crippen LogP contribution in [-0.2, 0) is 19.6 Å². The Balaban J connectivity index is 3.52. The largest absolute Gasteiger partial charge is 0.391 e. The molecule has 1 amide bonds. The van der Waals surface area contributed by atoms with Crippen molar-refractivity contribution in [2.75, 3.05) is 32.6 Å². The highest BCUT2D eigenvalue weighted by Gasteiger charge is 2.26. The fraction of sp³-hybridized carbons (Fsp3) is 0.923. The normalized spacial score (nSPS) is 12.4. The number of rotatable bonds is 12. The molecule has 0 aliphatic carbocycles. The molecule has 0 aromatic heterocycles. The summed E-state index contributed by atoms with van der Waals surface area (Å²) in [5.74, 6) is -0.708. The predicted octanol–water partition coefficient (Wildman–Crippen LogP) is 2.25. The van der Waals surface area contributed by atoms with Crippen LogP contribution in [0.2, 0.25) is 0 Å². The topological polar surface area (TPSA) is 83.9 Å². The van der Waals surface area contributed by atoms with Crippen LogP contribution in [0.4, 0.5) is 13.2 Å². The molecule has 138 valence electrons. The zero-order valence-electron chi connectivity index (χ0n) is 13.1. The van der Waals surface area contributed by atoms with E-state index in [-0.39, 0.29) is 32.1 Å². The summed E-state index contributed by atoms with van der Waals surface area (Å²) in [5.41, 5.74) is 0. The van der Waals surface area contributed by atoms with Gasteiger partial charge in [-0.25, -0.2) is 0 Å². The van der Waals surface area contributed by atoms with E-state index in [2.05, 4.69) is 0 Å². The maximum atomic E-state index is 11.8. The molecule has 0 rings (SSSR count). The minimum Gasteiger partial charge on any atom is -0.381 e. The van der Waals surface area contributed by atoms with Crippen LogP contribution in [0.15, 0.2) is 0 Å². The summed E-state index contributed by atoms with van der Waals surface area (Å²) in [6.45, 7) is -0.135. The molecule has 0 atom stereocenters. The third kappa shape index (κ3) is 15.8. The monoisotopic (exact) mass is 363 g/mol. The van der Waals surface area contributed by atoms with E-state index in [4.69, 9.17) is 9.29 Å². The number of carbonyl (C=O) groups is 1. The van der Waals surface area contributed by atoms with Gasteiger partial charge in [0.05, 0.1) is 18.8 Å². The van der Waals surface area contributed by atoms with Crippen molar-refractivity contribution >= 4 is 16.0 Å². The van der Waals surface area contributed by atoms with E-state index in [1.807, 2.05) is 0 Å². The molecule has 6 nitrogen and oxygen atoms in total. The van der Waals surface area contributed by atoms with E-state index < -0.39 is 28.5 Å². The number of nitrogens with zero attached hydrogens (tertiary/aromatic N) is 1. The lowest BCUT2D eigenvalue weighted by Crippen LogP contribution is -2.31. The second kappa shape index (κ2) is 10.8. The van der Waals surface area contributed by atoms with Crippen molar-refractivity contribution in [3.63, 3.8) is 0 Å². The van der Waals surface area contributed by atoms with Gasteiger partial charge in [0.1, 0.15) is 0 Å². The van der Waals surface area contributed by atoms with Crippen LogP contribution in [0.3, 0.4) is 0 Å². The van der Waals surface area contributed by atoms with Crippen LogP contribution in [0.25, 0.3) is 0 Å². The van der Waals surface area contributed by atoms with Gasteiger partial charge in [-0.2, -0.15) is 21.6 Å². The van der Waals surface area contributed by atoms with Crippen molar-refractivity contribution < 1.29 is 35.7 Å².